The van der Waals surface area contributed by atoms with Crippen LogP contribution in [0.25, 0.3) is 0 Å². The van der Waals surface area contributed by atoms with Crippen LogP contribution >= 0.6 is 11.3 Å². The summed E-state index contributed by atoms with van der Waals surface area (Å²) in [4.78, 5) is 11.7. The van der Waals surface area contributed by atoms with E-state index < -0.39 is 21.5 Å². The van der Waals surface area contributed by atoms with Gasteiger partial charge in [0.15, 0.2) is 0 Å². The first-order valence-corrected chi connectivity index (χ1v) is 7.95. The maximum Gasteiger partial charge on any atom is 0.305 e. The first-order valence-electron chi connectivity index (χ1n) is 5.65. The highest BCUT2D eigenvalue weighted by molar-refractivity contribution is 7.91. The molecule has 1 aromatic heterocycles. The topological polar surface area (TPSA) is 83.5 Å². The van der Waals surface area contributed by atoms with Crippen LogP contribution in [0.1, 0.15) is 30.6 Å². The molecule has 0 radical (unpaired) electrons. The third-order valence-corrected chi connectivity index (χ3v) is 6.20. The molecule has 1 saturated carbocycles. The van der Waals surface area contributed by atoms with E-state index in [4.69, 9.17) is 5.11 Å². The van der Waals surface area contributed by atoms with Crippen LogP contribution in [0.5, 0.6) is 0 Å². The maximum atomic E-state index is 12.1. The van der Waals surface area contributed by atoms with E-state index in [0.717, 1.165) is 11.3 Å². The molecule has 2 rings (SSSR count). The molecule has 0 amide bonds. The summed E-state index contributed by atoms with van der Waals surface area (Å²) in [7, 11) is -3.60. The highest BCUT2D eigenvalue weighted by Gasteiger charge is 2.42. The minimum atomic E-state index is -3.60. The Morgan fingerprint density at radius 1 is 1.50 bits per heavy atom. The van der Waals surface area contributed by atoms with Gasteiger partial charge in [-0.25, -0.2) is 13.1 Å². The Morgan fingerprint density at radius 3 is 2.56 bits per heavy atom. The number of hydrogen-bond acceptors (Lipinski definition) is 4. The van der Waals surface area contributed by atoms with Gasteiger partial charge in [0.25, 0.3) is 10.0 Å². The van der Waals surface area contributed by atoms with Gasteiger partial charge in [0.1, 0.15) is 4.21 Å². The normalized spacial score (nSPS) is 18.3. The Bertz CT molecular complexity index is 557. The predicted molar refractivity (Wildman–Crippen MR) is 68.2 cm³/mol. The van der Waals surface area contributed by atoms with Crippen LogP contribution in [0.4, 0.5) is 0 Å². The van der Waals surface area contributed by atoms with Crippen molar-refractivity contribution in [2.75, 3.05) is 0 Å². The van der Waals surface area contributed by atoms with Gasteiger partial charge in [-0.15, -0.1) is 11.3 Å². The van der Waals surface area contributed by atoms with Gasteiger partial charge in [-0.1, -0.05) is 0 Å². The van der Waals surface area contributed by atoms with Crippen molar-refractivity contribution >= 4 is 27.3 Å². The summed E-state index contributed by atoms with van der Waals surface area (Å²) in [5.74, 6) is -0.972. The average molecular weight is 289 g/mol. The molecule has 1 aliphatic carbocycles. The molecule has 0 spiro atoms. The van der Waals surface area contributed by atoms with Gasteiger partial charge in [0, 0.05) is 10.4 Å². The SMILES string of the molecule is Cc1ccc(S(=O)(=O)NC2(CC(=O)O)CCC2)s1. The number of nitrogens with one attached hydrogen (secondary N) is 1. The Morgan fingerprint density at radius 2 is 2.17 bits per heavy atom. The van der Waals surface area contributed by atoms with Gasteiger partial charge < -0.3 is 5.11 Å². The fourth-order valence-corrected chi connectivity index (χ4v) is 4.84. The van der Waals surface area contributed by atoms with Gasteiger partial charge in [0.05, 0.1) is 6.42 Å². The lowest BCUT2D eigenvalue weighted by atomic mass is 9.75. The van der Waals surface area contributed by atoms with Gasteiger partial charge >= 0.3 is 5.97 Å². The summed E-state index contributed by atoms with van der Waals surface area (Å²) in [6.45, 7) is 1.83. The van der Waals surface area contributed by atoms with Gasteiger partial charge in [-0.3, -0.25) is 4.79 Å². The number of carboxylic acid groups (broad SMARTS) is 1. The molecule has 2 N–H and O–H groups in total. The largest absolute Gasteiger partial charge is 0.481 e. The summed E-state index contributed by atoms with van der Waals surface area (Å²) in [5, 5.41) is 8.85. The Hall–Kier alpha value is -0.920. The third kappa shape index (κ3) is 2.73. The van der Waals surface area contributed by atoms with E-state index >= 15 is 0 Å². The van der Waals surface area contributed by atoms with Crippen LogP contribution in [-0.4, -0.2) is 25.0 Å². The van der Waals surface area contributed by atoms with Crippen LogP contribution in [0, 0.1) is 6.92 Å². The number of aryl methyl sites for hydroxylation is 1. The lowest BCUT2D eigenvalue weighted by Gasteiger charge is -2.40. The van der Waals surface area contributed by atoms with Crippen LogP contribution < -0.4 is 4.72 Å². The first kappa shape index (κ1) is 13.5. The zero-order valence-corrected chi connectivity index (χ0v) is 11.6. The van der Waals surface area contributed by atoms with Gasteiger partial charge in [-0.2, -0.15) is 0 Å². The number of rotatable bonds is 5. The maximum absolute atomic E-state index is 12.1. The summed E-state index contributed by atoms with van der Waals surface area (Å²) < 4.78 is 27.1. The summed E-state index contributed by atoms with van der Waals surface area (Å²) in [5.41, 5.74) is -0.789. The van der Waals surface area contributed by atoms with Crippen molar-refractivity contribution in [1.82, 2.24) is 4.72 Å². The van der Waals surface area contributed by atoms with Crippen molar-refractivity contribution in [3.05, 3.63) is 17.0 Å². The number of aliphatic carboxylic acids is 1. The molecule has 0 saturated heterocycles. The fraction of sp³-hybridized carbons (Fsp3) is 0.545. The zero-order valence-electron chi connectivity index (χ0n) is 9.97. The minimum Gasteiger partial charge on any atom is -0.481 e. The number of sulfonamides is 1. The second-order valence-corrected chi connectivity index (χ2v) is 7.87. The van der Waals surface area contributed by atoms with E-state index in [1.54, 1.807) is 12.1 Å². The molecule has 1 fully saturated rings. The van der Waals surface area contributed by atoms with Crippen LogP contribution in [0.2, 0.25) is 0 Å². The molecule has 0 unspecified atom stereocenters. The van der Waals surface area contributed by atoms with E-state index in [2.05, 4.69) is 4.72 Å². The smallest absolute Gasteiger partial charge is 0.305 e. The molecule has 1 aromatic rings. The molecule has 7 heteroatoms. The Labute approximate surface area is 110 Å². The lowest BCUT2D eigenvalue weighted by molar-refractivity contribution is -0.139. The highest BCUT2D eigenvalue weighted by Crippen LogP contribution is 2.37. The molecular formula is C11H15NO4S2. The second kappa shape index (κ2) is 4.64. The van der Waals surface area contributed by atoms with E-state index in [0.29, 0.717) is 12.8 Å². The van der Waals surface area contributed by atoms with Gasteiger partial charge in [0.2, 0.25) is 0 Å². The minimum absolute atomic E-state index is 0.156. The van der Waals surface area contributed by atoms with Crippen molar-refractivity contribution in [1.29, 1.82) is 0 Å². The molecule has 0 aliphatic heterocycles. The second-order valence-electron chi connectivity index (χ2n) is 4.67. The third-order valence-electron chi connectivity index (χ3n) is 3.13. The average Bonchev–Trinajstić information content (AvgIpc) is 2.61. The van der Waals surface area contributed by atoms with Gasteiger partial charge in [-0.05, 0) is 38.3 Å². The van der Waals surface area contributed by atoms with Crippen molar-refractivity contribution in [3.8, 4) is 0 Å². The summed E-state index contributed by atoms with van der Waals surface area (Å²) >= 11 is 1.19. The number of carbonyl (C=O) groups is 1. The van der Waals surface area contributed by atoms with E-state index in [1.165, 1.54) is 11.3 Å². The number of carboxylic acids is 1. The van der Waals surface area contributed by atoms with Crippen molar-refractivity contribution < 1.29 is 18.3 Å². The van der Waals surface area contributed by atoms with E-state index in [9.17, 15) is 13.2 Å². The molecule has 1 aliphatic rings. The summed E-state index contributed by atoms with van der Waals surface area (Å²) in [6, 6.07) is 3.29. The standard InChI is InChI=1S/C11H15NO4S2/c1-8-3-4-10(17-8)18(15,16)12-11(5-2-6-11)7-9(13)14/h3-4,12H,2,5-7H2,1H3,(H,13,14). The molecule has 0 aromatic carbocycles. The molecule has 0 bridgehead atoms. The van der Waals surface area contributed by atoms with E-state index in [1.807, 2.05) is 6.92 Å². The van der Waals surface area contributed by atoms with Crippen LogP contribution in [0.15, 0.2) is 16.3 Å². The lowest BCUT2D eigenvalue weighted by Crippen LogP contribution is -2.54. The monoisotopic (exact) mass is 289 g/mol. The first-order chi connectivity index (χ1) is 8.33. The van der Waals surface area contributed by atoms with Crippen LogP contribution in [0.3, 0.4) is 0 Å². The predicted octanol–water partition coefficient (Wildman–Crippen LogP) is 1.73. The molecule has 1 heterocycles. The molecule has 0 atom stereocenters. The van der Waals surface area contributed by atoms with Crippen molar-refractivity contribution in [2.45, 2.75) is 42.4 Å². The fourth-order valence-electron chi connectivity index (χ4n) is 2.10. The molecule has 5 nitrogen and oxygen atoms in total. The van der Waals surface area contributed by atoms with Crippen LogP contribution in [-0.2, 0) is 14.8 Å². The van der Waals surface area contributed by atoms with Crippen molar-refractivity contribution in [2.24, 2.45) is 0 Å². The van der Waals surface area contributed by atoms with E-state index in [-0.39, 0.29) is 10.6 Å². The molecule has 18 heavy (non-hydrogen) atoms. The Kier molecular flexibility index (Phi) is 3.48. The summed E-state index contributed by atoms with van der Waals surface area (Å²) in [6.07, 6.45) is 1.88. The number of thiophene rings is 1. The van der Waals surface area contributed by atoms with Crippen molar-refractivity contribution in [3.63, 3.8) is 0 Å². The molecule has 100 valence electrons. The highest BCUT2D eigenvalue weighted by atomic mass is 32.2. The zero-order chi connectivity index (χ0) is 13.4. The quantitative estimate of drug-likeness (QED) is 0.864. The Balaban J connectivity index is 2.19. The molecular weight excluding hydrogens is 274 g/mol. The number of hydrogen-bond donors (Lipinski definition) is 2.